The van der Waals surface area contributed by atoms with Gasteiger partial charge in [0.2, 0.25) is 0 Å². The quantitative estimate of drug-likeness (QED) is 0.304. The third kappa shape index (κ3) is 3.70. The van der Waals surface area contributed by atoms with Crippen LogP contribution in [-0.4, -0.2) is 19.1 Å². The predicted octanol–water partition coefficient (Wildman–Crippen LogP) is 6.73. The van der Waals surface area contributed by atoms with Crippen LogP contribution >= 0.6 is 0 Å². The molecule has 0 radical (unpaired) electrons. The minimum Gasteiger partial charge on any atom is -0.323 e. The lowest BCUT2D eigenvalue weighted by Crippen LogP contribution is -2.08. The van der Waals surface area contributed by atoms with E-state index in [1.165, 1.54) is 22.2 Å². The van der Waals surface area contributed by atoms with Gasteiger partial charge in [0, 0.05) is 24.9 Å². The van der Waals surface area contributed by atoms with Crippen molar-refractivity contribution in [1.82, 2.24) is 19.1 Å². The van der Waals surface area contributed by atoms with Crippen molar-refractivity contribution < 1.29 is 0 Å². The molecule has 162 valence electrons. The number of fused-ring (bicyclic) bond motifs is 2. The van der Waals surface area contributed by atoms with E-state index in [-0.39, 0.29) is 0 Å². The summed E-state index contributed by atoms with van der Waals surface area (Å²) in [5, 5.41) is 0. The molecule has 5 aromatic rings. The number of para-hydroxylation sites is 4. The van der Waals surface area contributed by atoms with Crippen molar-refractivity contribution in [3.8, 4) is 0 Å². The highest BCUT2D eigenvalue weighted by molar-refractivity contribution is 5.77. The highest BCUT2D eigenvalue weighted by Gasteiger charge is 2.15. The fourth-order valence-corrected chi connectivity index (χ4v) is 4.52. The van der Waals surface area contributed by atoms with Gasteiger partial charge in [-0.1, -0.05) is 76.2 Å². The molecule has 5 rings (SSSR count). The van der Waals surface area contributed by atoms with Crippen molar-refractivity contribution in [2.24, 2.45) is 0 Å². The Morgan fingerprint density at radius 1 is 0.562 bits per heavy atom. The average molecular weight is 423 g/mol. The molecule has 2 aromatic heterocycles. The summed E-state index contributed by atoms with van der Waals surface area (Å²) in [4.78, 5) is 9.77. The Kier molecular flexibility index (Phi) is 5.30. The van der Waals surface area contributed by atoms with Crippen molar-refractivity contribution in [2.45, 2.75) is 52.6 Å². The minimum absolute atomic E-state index is 0.380. The summed E-state index contributed by atoms with van der Waals surface area (Å²) in [5.74, 6) is 3.04. The van der Waals surface area contributed by atoms with Crippen molar-refractivity contribution in [3.05, 3.63) is 95.6 Å². The van der Waals surface area contributed by atoms with Gasteiger partial charge in [0.15, 0.2) is 0 Å². The van der Waals surface area contributed by atoms with Gasteiger partial charge in [-0.2, -0.15) is 0 Å². The molecule has 0 unspecified atom stereocenters. The molecular formula is C28H30N4. The molecule has 4 heteroatoms. The Morgan fingerprint density at radius 3 is 1.31 bits per heavy atom. The molecule has 0 N–H and O–H groups in total. The van der Waals surface area contributed by atoms with Crippen molar-refractivity contribution >= 4 is 22.1 Å². The first-order valence-electron chi connectivity index (χ1n) is 11.5. The van der Waals surface area contributed by atoms with Crippen molar-refractivity contribution in [3.63, 3.8) is 0 Å². The number of aromatic nitrogens is 4. The normalized spacial score (nSPS) is 11.9. The van der Waals surface area contributed by atoms with Crippen LogP contribution in [0.25, 0.3) is 22.1 Å². The zero-order valence-electron chi connectivity index (χ0n) is 19.3. The maximum atomic E-state index is 4.88. The smallest absolute Gasteiger partial charge is 0.112 e. The predicted molar refractivity (Wildman–Crippen MR) is 132 cm³/mol. The van der Waals surface area contributed by atoms with E-state index in [1.54, 1.807) is 0 Å². The van der Waals surface area contributed by atoms with Gasteiger partial charge in [-0.25, -0.2) is 9.97 Å². The maximum absolute atomic E-state index is 4.88. The Morgan fingerprint density at radius 2 is 0.938 bits per heavy atom. The summed E-state index contributed by atoms with van der Waals surface area (Å²) in [7, 11) is 0. The van der Waals surface area contributed by atoms with Gasteiger partial charge < -0.3 is 9.13 Å². The Hall–Kier alpha value is -3.40. The molecule has 0 amide bonds. The van der Waals surface area contributed by atoms with Gasteiger partial charge in [-0.3, -0.25) is 0 Å². The molecule has 0 fully saturated rings. The second kappa shape index (κ2) is 8.27. The second-order valence-corrected chi connectivity index (χ2v) is 9.22. The van der Waals surface area contributed by atoms with Crippen LogP contribution in [0.15, 0.2) is 72.8 Å². The summed E-state index contributed by atoms with van der Waals surface area (Å²) < 4.78 is 4.71. The first-order chi connectivity index (χ1) is 15.5. The Bertz CT molecular complexity index is 1260. The molecular weight excluding hydrogens is 392 g/mol. The summed E-state index contributed by atoms with van der Waals surface area (Å²) in [5.41, 5.74) is 7.12. The zero-order chi connectivity index (χ0) is 22.2. The lowest BCUT2D eigenvalue weighted by Gasteiger charge is -2.14. The molecule has 0 spiro atoms. The van der Waals surface area contributed by atoms with Crippen molar-refractivity contribution in [1.29, 1.82) is 0 Å². The van der Waals surface area contributed by atoms with Crippen LogP contribution in [0, 0.1) is 0 Å². The Balaban J connectivity index is 1.44. The number of hydrogen-bond acceptors (Lipinski definition) is 2. The van der Waals surface area contributed by atoms with E-state index in [1.807, 2.05) is 0 Å². The van der Waals surface area contributed by atoms with E-state index in [0.29, 0.717) is 11.8 Å². The van der Waals surface area contributed by atoms with E-state index >= 15 is 0 Å². The summed E-state index contributed by atoms with van der Waals surface area (Å²) in [6.07, 6.45) is 0. The molecule has 32 heavy (non-hydrogen) atoms. The topological polar surface area (TPSA) is 35.6 Å². The van der Waals surface area contributed by atoms with Gasteiger partial charge in [0.05, 0.1) is 22.1 Å². The maximum Gasteiger partial charge on any atom is 0.112 e. The minimum atomic E-state index is 0.380. The molecule has 3 aromatic carbocycles. The first kappa shape index (κ1) is 20.5. The van der Waals surface area contributed by atoms with Gasteiger partial charge in [0.25, 0.3) is 0 Å². The summed E-state index contributed by atoms with van der Waals surface area (Å²) in [6, 6.07) is 25.8. The molecule has 0 bridgehead atoms. The monoisotopic (exact) mass is 422 g/mol. The molecule has 0 aliphatic carbocycles. The van der Waals surface area contributed by atoms with Crippen LogP contribution in [0.5, 0.6) is 0 Å². The summed E-state index contributed by atoms with van der Waals surface area (Å²) >= 11 is 0. The third-order valence-electron chi connectivity index (χ3n) is 6.11. The van der Waals surface area contributed by atoms with Crippen LogP contribution in [-0.2, 0) is 13.1 Å². The number of nitrogens with zero attached hydrogens (tertiary/aromatic N) is 4. The van der Waals surface area contributed by atoms with Gasteiger partial charge in [-0.15, -0.1) is 0 Å². The average Bonchev–Trinajstić information content (AvgIpc) is 3.34. The standard InChI is InChI=1S/C28H30N4/c1-19(2)27-29-23-9-5-7-11-25(23)31(27)17-21-13-15-22(16-14-21)18-32-26-12-8-6-10-24(26)30-28(32)20(3)4/h5-16,19-20H,17-18H2,1-4H3. The van der Waals surface area contributed by atoms with Gasteiger partial charge >= 0.3 is 0 Å². The van der Waals surface area contributed by atoms with Crippen LogP contribution in [0.4, 0.5) is 0 Å². The molecule has 4 nitrogen and oxygen atoms in total. The van der Waals surface area contributed by atoms with Crippen LogP contribution < -0.4 is 0 Å². The second-order valence-electron chi connectivity index (χ2n) is 9.22. The zero-order valence-corrected chi connectivity index (χ0v) is 19.3. The lowest BCUT2D eigenvalue weighted by molar-refractivity contribution is 0.679. The molecule has 0 aliphatic rings. The number of benzene rings is 3. The van der Waals surface area contributed by atoms with E-state index < -0.39 is 0 Å². The van der Waals surface area contributed by atoms with Gasteiger partial charge in [-0.05, 0) is 35.4 Å². The van der Waals surface area contributed by atoms with E-state index in [0.717, 1.165) is 35.8 Å². The van der Waals surface area contributed by atoms with Crippen molar-refractivity contribution in [2.75, 3.05) is 0 Å². The van der Waals surface area contributed by atoms with Crippen LogP contribution in [0.1, 0.15) is 62.3 Å². The fourth-order valence-electron chi connectivity index (χ4n) is 4.52. The van der Waals surface area contributed by atoms with Gasteiger partial charge in [0.1, 0.15) is 11.6 Å². The number of hydrogen-bond donors (Lipinski definition) is 0. The molecule has 2 heterocycles. The number of rotatable bonds is 6. The molecule has 0 saturated carbocycles. The van der Waals surface area contributed by atoms with Crippen LogP contribution in [0.2, 0.25) is 0 Å². The van der Waals surface area contributed by atoms with E-state index in [4.69, 9.17) is 9.97 Å². The highest BCUT2D eigenvalue weighted by Crippen LogP contribution is 2.25. The van der Waals surface area contributed by atoms with E-state index in [9.17, 15) is 0 Å². The lowest BCUT2D eigenvalue weighted by atomic mass is 10.1. The highest BCUT2D eigenvalue weighted by atomic mass is 15.1. The number of imidazole rings is 2. The molecule has 0 atom stereocenters. The first-order valence-corrected chi connectivity index (χ1v) is 11.5. The Labute approximate surface area is 189 Å². The molecule has 0 saturated heterocycles. The van der Waals surface area contributed by atoms with Crippen LogP contribution in [0.3, 0.4) is 0 Å². The third-order valence-corrected chi connectivity index (χ3v) is 6.11. The molecule has 0 aliphatic heterocycles. The summed E-state index contributed by atoms with van der Waals surface area (Å²) in [6.45, 7) is 10.5. The fraction of sp³-hybridized carbons (Fsp3) is 0.286. The van der Waals surface area contributed by atoms with E-state index in [2.05, 4.69) is 110 Å². The largest absolute Gasteiger partial charge is 0.323 e. The SMILES string of the molecule is CC(C)c1nc2ccccc2n1Cc1ccc(Cn2c(C(C)C)nc3ccccc32)cc1.